The molecule has 1 aliphatic heterocycles. The van der Waals surface area contributed by atoms with Crippen LogP contribution in [0.25, 0.3) is 0 Å². The van der Waals surface area contributed by atoms with Gasteiger partial charge in [-0.25, -0.2) is 0 Å². The third kappa shape index (κ3) is 1.20. The van der Waals surface area contributed by atoms with Crippen molar-refractivity contribution in [2.24, 2.45) is 0 Å². The van der Waals surface area contributed by atoms with E-state index in [2.05, 4.69) is 25.2 Å². The minimum absolute atomic E-state index is 0.0301. The first-order valence-electron chi connectivity index (χ1n) is 2.94. The van der Waals surface area contributed by atoms with Gasteiger partial charge in [0.15, 0.2) is 0 Å². The molecule has 1 saturated heterocycles. The molecule has 50 valence electrons. The normalized spacial score (nSPS) is 31.9. The van der Waals surface area contributed by atoms with Crippen LogP contribution in [0.1, 0.15) is 13.8 Å². The van der Waals surface area contributed by atoms with Gasteiger partial charge < -0.3 is 0 Å². The van der Waals surface area contributed by atoms with Crippen LogP contribution < -0.4 is 5.32 Å². The molecule has 1 aliphatic rings. The number of rotatable bonds is 0. The lowest BCUT2D eigenvalue weighted by Crippen LogP contribution is -2.34. The summed E-state index contributed by atoms with van der Waals surface area (Å²) in [6.07, 6.45) is 0. The van der Waals surface area contributed by atoms with E-state index in [1.807, 2.05) is 0 Å². The summed E-state index contributed by atoms with van der Waals surface area (Å²) in [7, 11) is 0. The second-order valence-electron chi connectivity index (χ2n) is 2.66. The van der Waals surface area contributed by atoms with Crippen LogP contribution in [0.4, 0.5) is 0 Å². The Morgan fingerprint density at radius 3 is 2.67 bits per heavy atom. The van der Waals surface area contributed by atoms with E-state index < -0.39 is 0 Å². The number of hydrogen-bond acceptors (Lipinski definition) is 3. The third-order valence-electron chi connectivity index (χ3n) is 1.56. The Hall–Kier alpha value is -0.200. The fraction of sp³-hybridized carbons (Fsp3) is 0.833. The van der Waals surface area contributed by atoms with Gasteiger partial charge in [0.25, 0.3) is 0 Å². The minimum Gasteiger partial charge on any atom is -0.292 e. The highest BCUT2D eigenvalue weighted by atomic mass is 32.2. The van der Waals surface area contributed by atoms with Crippen LogP contribution in [-0.4, -0.2) is 16.7 Å². The molecule has 0 aliphatic carbocycles. The Kier molecular flexibility index (Phi) is 1.69. The van der Waals surface area contributed by atoms with Crippen molar-refractivity contribution < 1.29 is 0 Å². The molecular weight excluding hydrogens is 132 g/mol. The Bertz CT molecular complexity index is 148. The van der Waals surface area contributed by atoms with Crippen LogP contribution in [0.3, 0.4) is 0 Å². The molecule has 2 nitrogen and oxygen atoms in total. The zero-order valence-corrected chi connectivity index (χ0v) is 6.46. The number of hydrogen-bond donors (Lipinski definition) is 1. The van der Waals surface area contributed by atoms with Crippen LogP contribution in [0.2, 0.25) is 0 Å². The van der Waals surface area contributed by atoms with Crippen molar-refractivity contribution in [2.45, 2.75) is 24.6 Å². The Morgan fingerprint density at radius 2 is 2.44 bits per heavy atom. The van der Waals surface area contributed by atoms with Crippen LogP contribution in [0, 0.1) is 11.3 Å². The van der Waals surface area contributed by atoms with E-state index in [9.17, 15) is 0 Å². The average Bonchev–Trinajstić information content (AvgIpc) is 2.08. The van der Waals surface area contributed by atoms with Gasteiger partial charge in [-0.15, -0.1) is 11.8 Å². The highest BCUT2D eigenvalue weighted by Gasteiger charge is 2.34. The molecule has 3 heteroatoms. The highest BCUT2D eigenvalue weighted by molar-refractivity contribution is 8.00. The smallest absolute Gasteiger partial charge is 0.110 e. The predicted molar refractivity (Wildman–Crippen MR) is 39.1 cm³/mol. The number of thioether (sulfide) groups is 1. The van der Waals surface area contributed by atoms with Crippen molar-refractivity contribution >= 4 is 11.8 Å². The summed E-state index contributed by atoms with van der Waals surface area (Å²) in [6, 6.07) is 2.25. The van der Waals surface area contributed by atoms with Gasteiger partial charge in [0, 0.05) is 10.6 Å². The molecule has 0 radical (unpaired) electrons. The number of nitrogens with one attached hydrogen (secondary N) is 1. The minimum atomic E-state index is 0.0301. The maximum absolute atomic E-state index is 8.58. The van der Waals surface area contributed by atoms with Crippen molar-refractivity contribution in [1.29, 1.82) is 5.26 Å². The van der Waals surface area contributed by atoms with E-state index in [1.54, 1.807) is 11.8 Å². The molecule has 1 fully saturated rings. The average molecular weight is 142 g/mol. The first-order chi connectivity index (χ1) is 4.17. The van der Waals surface area contributed by atoms with Crippen LogP contribution in [-0.2, 0) is 0 Å². The monoisotopic (exact) mass is 142 g/mol. The Labute approximate surface area is 59.6 Å². The first kappa shape index (κ1) is 6.91. The maximum atomic E-state index is 8.58. The third-order valence-corrected chi connectivity index (χ3v) is 2.85. The maximum Gasteiger partial charge on any atom is 0.110 e. The van der Waals surface area contributed by atoms with Crippen LogP contribution in [0.5, 0.6) is 0 Å². The quantitative estimate of drug-likeness (QED) is 0.547. The molecular formula is C6H10N2S. The number of nitriles is 1. The summed E-state index contributed by atoms with van der Waals surface area (Å²) in [4.78, 5) is 0. The summed E-state index contributed by atoms with van der Waals surface area (Å²) in [5.74, 6) is 0.908. The molecule has 1 unspecified atom stereocenters. The summed E-state index contributed by atoms with van der Waals surface area (Å²) < 4.78 is 0.106. The Balaban J connectivity index is 2.65. The standard InChI is InChI=1S/C6H10N2S/c1-6(2)5(3-7)8-4-9-6/h5,8H,4H2,1-2H3. The van der Waals surface area contributed by atoms with Crippen molar-refractivity contribution in [3.8, 4) is 6.07 Å². The summed E-state index contributed by atoms with van der Waals surface area (Å²) >= 11 is 1.80. The van der Waals surface area contributed by atoms with Gasteiger partial charge in [-0.1, -0.05) is 0 Å². The highest BCUT2D eigenvalue weighted by Crippen LogP contribution is 2.32. The summed E-state index contributed by atoms with van der Waals surface area (Å²) in [5.41, 5.74) is 0. The second kappa shape index (κ2) is 2.20. The Morgan fingerprint density at radius 1 is 1.78 bits per heavy atom. The van der Waals surface area contributed by atoms with Gasteiger partial charge in [-0.3, -0.25) is 5.32 Å². The zero-order chi connectivity index (χ0) is 6.91. The van der Waals surface area contributed by atoms with Gasteiger partial charge in [-0.2, -0.15) is 5.26 Å². The van der Waals surface area contributed by atoms with E-state index in [0.29, 0.717) is 0 Å². The van der Waals surface area contributed by atoms with Gasteiger partial charge in [0.1, 0.15) is 6.04 Å². The molecule has 1 atom stereocenters. The van der Waals surface area contributed by atoms with Crippen LogP contribution in [0.15, 0.2) is 0 Å². The van der Waals surface area contributed by atoms with E-state index in [4.69, 9.17) is 5.26 Å². The molecule has 0 aromatic carbocycles. The van der Waals surface area contributed by atoms with Gasteiger partial charge in [-0.05, 0) is 13.8 Å². The molecule has 0 saturated carbocycles. The molecule has 1 heterocycles. The summed E-state index contributed by atoms with van der Waals surface area (Å²) in [5, 5.41) is 11.7. The lowest BCUT2D eigenvalue weighted by molar-refractivity contribution is 0.579. The van der Waals surface area contributed by atoms with Gasteiger partial charge >= 0.3 is 0 Å². The topological polar surface area (TPSA) is 35.8 Å². The van der Waals surface area contributed by atoms with Crippen molar-refractivity contribution in [2.75, 3.05) is 5.88 Å². The molecule has 0 bridgehead atoms. The molecule has 9 heavy (non-hydrogen) atoms. The van der Waals surface area contributed by atoms with Crippen molar-refractivity contribution in [3.63, 3.8) is 0 Å². The molecule has 0 aromatic rings. The SMILES string of the molecule is CC1(C)SCNC1C#N. The van der Waals surface area contributed by atoms with Gasteiger partial charge in [0.2, 0.25) is 0 Å². The predicted octanol–water partition coefficient (Wildman–Crippen LogP) is 0.951. The van der Waals surface area contributed by atoms with E-state index in [0.717, 1.165) is 5.88 Å². The lowest BCUT2D eigenvalue weighted by Gasteiger charge is -2.18. The lowest BCUT2D eigenvalue weighted by atomic mass is 10.1. The van der Waals surface area contributed by atoms with Crippen LogP contribution >= 0.6 is 11.8 Å². The zero-order valence-electron chi connectivity index (χ0n) is 5.64. The van der Waals surface area contributed by atoms with Crippen molar-refractivity contribution in [1.82, 2.24) is 5.32 Å². The van der Waals surface area contributed by atoms with E-state index >= 15 is 0 Å². The summed E-state index contributed by atoms with van der Waals surface area (Å²) in [6.45, 7) is 4.18. The largest absolute Gasteiger partial charge is 0.292 e. The second-order valence-corrected chi connectivity index (χ2v) is 4.29. The number of nitrogens with zero attached hydrogens (tertiary/aromatic N) is 1. The fourth-order valence-corrected chi connectivity index (χ4v) is 1.77. The molecule has 1 rings (SSSR count). The van der Waals surface area contributed by atoms with E-state index in [-0.39, 0.29) is 10.8 Å². The molecule has 1 N–H and O–H groups in total. The first-order valence-corrected chi connectivity index (χ1v) is 3.92. The molecule has 0 spiro atoms. The van der Waals surface area contributed by atoms with E-state index in [1.165, 1.54) is 0 Å². The van der Waals surface area contributed by atoms with Crippen molar-refractivity contribution in [3.05, 3.63) is 0 Å². The molecule has 0 aromatic heterocycles. The fourth-order valence-electron chi connectivity index (χ4n) is 0.841. The molecule has 0 amide bonds. The van der Waals surface area contributed by atoms with Gasteiger partial charge in [0.05, 0.1) is 6.07 Å².